The minimum atomic E-state index is -0.262. The summed E-state index contributed by atoms with van der Waals surface area (Å²) >= 11 is 0. The Bertz CT molecular complexity index is 755. The minimum absolute atomic E-state index is 0.0123. The van der Waals surface area contributed by atoms with Gasteiger partial charge in [-0.25, -0.2) is 4.39 Å². The van der Waals surface area contributed by atoms with Crippen LogP contribution in [0.15, 0.2) is 42.5 Å². The molecule has 3 rings (SSSR count). The Balaban J connectivity index is 2.00. The lowest BCUT2D eigenvalue weighted by atomic mass is 10.1. The van der Waals surface area contributed by atoms with Gasteiger partial charge in [0.25, 0.3) is 0 Å². The standard InChI is InChI=1S/C18H16FNO2/c1-12-10-13(6-7-15(12)19)11-20-16-5-3-2-4-14(16)17(21)8-9-18(20)22/h2-7,10H,8-9,11H2,1H3. The molecule has 0 saturated carbocycles. The predicted octanol–water partition coefficient (Wildman–Crippen LogP) is 3.64. The van der Waals surface area contributed by atoms with Crippen LogP contribution < -0.4 is 4.90 Å². The highest BCUT2D eigenvalue weighted by molar-refractivity contribution is 6.09. The van der Waals surface area contributed by atoms with Crippen molar-refractivity contribution in [1.82, 2.24) is 0 Å². The van der Waals surface area contributed by atoms with Crippen LogP contribution in [0.5, 0.6) is 0 Å². The van der Waals surface area contributed by atoms with E-state index in [2.05, 4.69) is 0 Å². The maximum Gasteiger partial charge on any atom is 0.227 e. The fourth-order valence-corrected chi connectivity index (χ4v) is 2.73. The first-order valence-electron chi connectivity index (χ1n) is 7.24. The number of fused-ring (bicyclic) bond motifs is 1. The molecule has 1 heterocycles. The first-order chi connectivity index (χ1) is 10.6. The summed E-state index contributed by atoms with van der Waals surface area (Å²) < 4.78 is 13.4. The average molecular weight is 297 g/mol. The number of ketones is 1. The van der Waals surface area contributed by atoms with Gasteiger partial charge in [-0.3, -0.25) is 9.59 Å². The zero-order valence-corrected chi connectivity index (χ0v) is 12.3. The molecule has 0 saturated heterocycles. The highest BCUT2D eigenvalue weighted by Crippen LogP contribution is 2.28. The van der Waals surface area contributed by atoms with E-state index in [1.54, 1.807) is 42.2 Å². The largest absolute Gasteiger partial charge is 0.307 e. The Morgan fingerprint density at radius 3 is 2.64 bits per heavy atom. The van der Waals surface area contributed by atoms with Crippen molar-refractivity contribution in [3.05, 3.63) is 65.0 Å². The van der Waals surface area contributed by atoms with Crippen LogP contribution in [0.25, 0.3) is 0 Å². The monoisotopic (exact) mass is 297 g/mol. The van der Waals surface area contributed by atoms with E-state index in [1.165, 1.54) is 6.07 Å². The third-order valence-corrected chi connectivity index (χ3v) is 3.93. The van der Waals surface area contributed by atoms with Crippen molar-refractivity contribution in [1.29, 1.82) is 0 Å². The fourth-order valence-electron chi connectivity index (χ4n) is 2.73. The summed E-state index contributed by atoms with van der Waals surface area (Å²) in [7, 11) is 0. The van der Waals surface area contributed by atoms with Crippen molar-refractivity contribution in [2.24, 2.45) is 0 Å². The normalized spacial score (nSPS) is 14.7. The number of hydrogen-bond donors (Lipinski definition) is 0. The van der Waals surface area contributed by atoms with E-state index in [1.807, 2.05) is 6.07 Å². The van der Waals surface area contributed by atoms with Crippen LogP contribution in [0.1, 0.15) is 34.3 Å². The first-order valence-corrected chi connectivity index (χ1v) is 7.24. The quantitative estimate of drug-likeness (QED) is 0.848. The zero-order valence-electron chi connectivity index (χ0n) is 12.3. The Labute approximate surface area is 128 Å². The van der Waals surface area contributed by atoms with Crippen LogP contribution in [-0.4, -0.2) is 11.7 Å². The number of nitrogens with zero attached hydrogens (tertiary/aromatic N) is 1. The molecule has 0 unspecified atom stereocenters. The van der Waals surface area contributed by atoms with E-state index in [0.29, 0.717) is 23.4 Å². The van der Waals surface area contributed by atoms with Crippen molar-refractivity contribution in [3.63, 3.8) is 0 Å². The molecule has 0 bridgehead atoms. The molecule has 0 N–H and O–H groups in total. The van der Waals surface area contributed by atoms with Crippen molar-refractivity contribution in [2.75, 3.05) is 4.90 Å². The number of carbonyl (C=O) groups is 2. The molecule has 2 aromatic rings. The van der Waals surface area contributed by atoms with Crippen LogP contribution in [0.4, 0.5) is 10.1 Å². The number of para-hydroxylation sites is 1. The smallest absolute Gasteiger partial charge is 0.227 e. The summed E-state index contributed by atoms with van der Waals surface area (Å²) in [6.07, 6.45) is 0.433. The van der Waals surface area contributed by atoms with Gasteiger partial charge in [0.2, 0.25) is 5.91 Å². The number of hydrogen-bond acceptors (Lipinski definition) is 2. The molecule has 3 nitrogen and oxygen atoms in total. The number of amides is 1. The number of rotatable bonds is 2. The maximum absolute atomic E-state index is 13.4. The molecule has 1 amide bonds. The van der Waals surface area contributed by atoms with Crippen LogP contribution in [0.3, 0.4) is 0 Å². The number of halogens is 1. The van der Waals surface area contributed by atoms with E-state index >= 15 is 0 Å². The number of benzene rings is 2. The summed E-state index contributed by atoms with van der Waals surface area (Å²) in [4.78, 5) is 26.1. The lowest BCUT2D eigenvalue weighted by Gasteiger charge is -2.23. The van der Waals surface area contributed by atoms with Crippen molar-refractivity contribution >= 4 is 17.4 Å². The second-order valence-electron chi connectivity index (χ2n) is 5.50. The second-order valence-corrected chi connectivity index (χ2v) is 5.50. The highest BCUT2D eigenvalue weighted by atomic mass is 19.1. The lowest BCUT2D eigenvalue weighted by Crippen LogP contribution is -2.29. The van der Waals surface area contributed by atoms with Crippen LogP contribution >= 0.6 is 0 Å². The molecule has 2 aromatic carbocycles. The zero-order chi connectivity index (χ0) is 15.7. The van der Waals surface area contributed by atoms with Gasteiger partial charge in [-0.15, -0.1) is 0 Å². The number of aryl methyl sites for hydroxylation is 1. The van der Waals surface area contributed by atoms with Gasteiger partial charge in [-0.1, -0.05) is 24.3 Å². The van der Waals surface area contributed by atoms with Crippen molar-refractivity contribution < 1.29 is 14.0 Å². The van der Waals surface area contributed by atoms with E-state index in [9.17, 15) is 14.0 Å². The molecule has 1 aliphatic heterocycles. The molecular weight excluding hydrogens is 281 g/mol. The molecule has 112 valence electrons. The molecule has 4 heteroatoms. The van der Waals surface area contributed by atoms with Gasteiger partial charge in [0, 0.05) is 18.4 Å². The Kier molecular flexibility index (Phi) is 3.75. The summed E-state index contributed by atoms with van der Waals surface area (Å²) in [6, 6.07) is 12.0. The van der Waals surface area contributed by atoms with E-state index in [4.69, 9.17) is 0 Å². The van der Waals surface area contributed by atoms with Gasteiger partial charge in [0.1, 0.15) is 5.82 Å². The fraction of sp³-hybridized carbons (Fsp3) is 0.222. The van der Waals surface area contributed by atoms with E-state index < -0.39 is 0 Å². The number of carbonyl (C=O) groups excluding carboxylic acids is 2. The topological polar surface area (TPSA) is 37.4 Å². The lowest BCUT2D eigenvalue weighted by molar-refractivity contribution is -0.118. The van der Waals surface area contributed by atoms with Crippen LogP contribution in [-0.2, 0) is 11.3 Å². The summed E-state index contributed by atoms with van der Waals surface area (Å²) in [5.41, 5.74) is 2.60. The van der Waals surface area contributed by atoms with E-state index in [0.717, 1.165) is 5.56 Å². The number of anilines is 1. The molecule has 0 atom stereocenters. The van der Waals surface area contributed by atoms with Gasteiger partial charge >= 0.3 is 0 Å². The van der Waals surface area contributed by atoms with Crippen LogP contribution in [0.2, 0.25) is 0 Å². The third kappa shape index (κ3) is 2.64. The molecule has 0 fully saturated rings. The minimum Gasteiger partial charge on any atom is -0.307 e. The average Bonchev–Trinajstić information content (AvgIpc) is 2.63. The van der Waals surface area contributed by atoms with Crippen molar-refractivity contribution in [3.8, 4) is 0 Å². The molecule has 0 aromatic heterocycles. The van der Waals surface area contributed by atoms with Gasteiger partial charge in [0.05, 0.1) is 12.2 Å². The molecule has 0 radical (unpaired) electrons. The molecule has 22 heavy (non-hydrogen) atoms. The number of Topliss-reactive ketones (excluding diaryl/α,β-unsaturated/α-hetero) is 1. The molecule has 0 spiro atoms. The van der Waals surface area contributed by atoms with E-state index in [-0.39, 0.29) is 30.3 Å². The highest BCUT2D eigenvalue weighted by Gasteiger charge is 2.26. The third-order valence-electron chi connectivity index (χ3n) is 3.93. The van der Waals surface area contributed by atoms with Gasteiger partial charge in [-0.05, 0) is 36.2 Å². The molecule has 1 aliphatic rings. The Morgan fingerprint density at radius 1 is 1.09 bits per heavy atom. The Hall–Kier alpha value is -2.49. The van der Waals surface area contributed by atoms with Crippen molar-refractivity contribution in [2.45, 2.75) is 26.3 Å². The molecular formula is C18H16FNO2. The maximum atomic E-state index is 13.4. The van der Waals surface area contributed by atoms with Gasteiger partial charge < -0.3 is 4.90 Å². The summed E-state index contributed by atoms with van der Waals surface area (Å²) in [5.74, 6) is -0.358. The van der Waals surface area contributed by atoms with Gasteiger partial charge in [-0.2, -0.15) is 0 Å². The SMILES string of the molecule is Cc1cc(CN2C(=O)CCC(=O)c3ccccc32)ccc1F. The second kappa shape index (κ2) is 5.72. The Morgan fingerprint density at radius 2 is 1.86 bits per heavy atom. The first kappa shape index (κ1) is 14.4. The van der Waals surface area contributed by atoms with Gasteiger partial charge in [0.15, 0.2) is 5.78 Å². The predicted molar refractivity (Wildman–Crippen MR) is 82.3 cm³/mol. The van der Waals surface area contributed by atoms with Crippen LogP contribution in [0, 0.1) is 12.7 Å². The molecule has 0 aliphatic carbocycles. The summed E-state index contributed by atoms with van der Waals surface area (Å²) in [6.45, 7) is 2.03. The summed E-state index contributed by atoms with van der Waals surface area (Å²) in [5, 5.41) is 0.